The van der Waals surface area contributed by atoms with Gasteiger partial charge in [-0.15, -0.1) is 0 Å². The molecule has 2 aromatic carbocycles. The van der Waals surface area contributed by atoms with Gasteiger partial charge in [-0.2, -0.15) is 0 Å². The third-order valence-electron chi connectivity index (χ3n) is 4.80. The van der Waals surface area contributed by atoms with Gasteiger partial charge in [0.05, 0.1) is 13.0 Å². The zero-order valence-corrected chi connectivity index (χ0v) is 16.7. The van der Waals surface area contributed by atoms with Crippen LogP contribution in [0.2, 0.25) is 0 Å². The first-order chi connectivity index (χ1) is 13.3. The van der Waals surface area contributed by atoms with Crippen LogP contribution in [0.15, 0.2) is 54.6 Å². The fourth-order valence-electron chi connectivity index (χ4n) is 3.37. The van der Waals surface area contributed by atoms with Gasteiger partial charge in [0.25, 0.3) is 0 Å². The molecule has 2 atom stereocenters. The van der Waals surface area contributed by atoms with Crippen molar-refractivity contribution in [1.29, 1.82) is 0 Å². The van der Waals surface area contributed by atoms with Crippen LogP contribution in [0.1, 0.15) is 38.3 Å². The van der Waals surface area contributed by atoms with Crippen LogP contribution in [0.5, 0.6) is 5.75 Å². The fourth-order valence-corrected chi connectivity index (χ4v) is 3.37. The smallest absolute Gasteiger partial charge is 0.317 e. The Morgan fingerprint density at radius 2 is 1.79 bits per heavy atom. The van der Waals surface area contributed by atoms with Gasteiger partial charge in [0.2, 0.25) is 0 Å². The largest absolute Gasteiger partial charge is 0.489 e. The van der Waals surface area contributed by atoms with Crippen molar-refractivity contribution in [2.24, 2.45) is 5.92 Å². The van der Waals surface area contributed by atoms with E-state index in [0.717, 1.165) is 5.56 Å². The summed E-state index contributed by atoms with van der Waals surface area (Å²) in [7, 11) is 1.34. The van der Waals surface area contributed by atoms with E-state index in [1.807, 2.05) is 75.4 Å². The summed E-state index contributed by atoms with van der Waals surface area (Å²) in [4.78, 5) is 25.2. The molecule has 0 amide bonds. The van der Waals surface area contributed by atoms with Crippen molar-refractivity contribution >= 4 is 11.9 Å². The summed E-state index contributed by atoms with van der Waals surface area (Å²) in [6.45, 7) is 5.85. The average Bonchev–Trinajstić information content (AvgIpc) is 3.43. The molecule has 28 heavy (non-hydrogen) atoms. The highest BCUT2D eigenvalue weighted by atomic mass is 16.6. The maximum absolute atomic E-state index is 12.6. The number of hydrogen-bond donors (Lipinski definition) is 0. The number of hydrogen-bond acceptors (Lipinski definition) is 5. The van der Waals surface area contributed by atoms with Crippen molar-refractivity contribution in [3.8, 4) is 5.75 Å². The number of ether oxygens (including phenoxy) is 3. The molecule has 0 spiro atoms. The number of carbonyl (C=O) groups excluding carboxylic acids is 2. The normalized spacial score (nSPS) is 20.9. The van der Waals surface area contributed by atoms with Gasteiger partial charge in [0.15, 0.2) is 0 Å². The molecule has 1 aliphatic carbocycles. The van der Waals surface area contributed by atoms with Gasteiger partial charge in [-0.25, -0.2) is 0 Å². The summed E-state index contributed by atoms with van der Waals surface area (Å²) >= 11 is 0. The molecular weight excluding hydrogens is 356 g/mol. The van der Waals surface area contributed by atoms with Crippen LogP contribution in [0.3, 0.4) is 0 Å². The minimum atomic E-state index is -1.01. The van der Waals surface area contributed by atoms with E-state index < -0.39 is 22.9 Å². The Hall–Kier alpha value is -2.82. The van der Waals surface area contributed by atoms with Crippen molar-refractivity contribution in [3.05, 3.63) is 65.7 Å². The Morgan fingerprint density at radius 3 is 2.43 bits per heavy atom. The van der Waals surface area contributed by atoms with Crippen molar-refractivity contribution in [1.82, 2.24) is 0 Å². The molecule has 0 N–H and O–H groups in total. The first-order valence-corrected chi connectivity index (χ1v) is 9.35. The monoisotopic (exact) mass is 382 g/mol. The van der Waals surface area contributed by atoms with Crippen molar-refractivity contribution < 1.29 is 23.8 Å². The van der Waals surface area contributed by atoms with Crippen molar-refractivity contribution in [2.45, 2.75) is 44.8 Å². The van der Waals surface area contributed by atoms with Crippen LogP contribution in [0.25, 0.3) is 0 Å². The van der Waals surface area contributed by atoms with E-state index in [2.05, 4.69) is 0 Å². The lowest BCUT2D eigenvalue weighted by Crippen LogP contribution is -2.31. The average molecular weight is 382 g/mol. The number of methoxy groups -OCH3 is 1. The first kappa shape index (κ1) is 19.9. The Bertz CT molecular complexity index is 853. The molecule has 0 radical (unpaired) electrons. The maximum Gasteiger partial charge on any atom is 0.317 e. The molecular formula is C23H26O5. The minimum absolute atomic E-state index is 0.372. The molecule has 0 unspecified atom stereocenters. The van der Waals surface area contributed by atoms with Crippen molar-refractivity contribution in [3.63, 3.8) is 0 Å². The Morgan fingerprint density at radius 1 is 1.07 bits per heavy atom. The SMILES string of the molecule is COC(=O)[C@]1(c2cccc(OCc3ccccc3)c2)C[C@H]1C(=O)OC(C)(C)C. The number of esters is 2. The van der Waals surface area contributed by atoms with Crippen LogP contribution in [-0.2, 0) is 31.1 Å². The highest BCUT2D eigenvalue weighted by Gasteiger charge is 2.67. The second kappa shape index (κ2) is 7.66. The minimum Gasteiger partial charge on any atom is -0.489 e. The molecule has 0 aliphatic heterocycles. The summed E-state index contributed by atoms with van der Waals surface area (Å²) in [5, 5.41) is 0. The van der Waals surface area contributed by atoms with Crippen LogP contribution in [-0.4, -0.2) is 24.6 Å². The van der Waals surface area contributed by atoms with Gasteiger partial charge < -0.3 is 14.2 Å². The summed E-state index contributed by atoms with van der Waals surface area (Å²) in [5.74, 6) is -0.722. The molecule has 0 aromatic heterocycles. The molecule has 1 saturated carbocycles. The summed E-state index contributed by atoms with van der Waals surface area (Å²) < 4.78 is 16.4. The number of carbonyl (C=O) groups is 2. The molecule has 1 aliphatic rings. The summed E-state index contributed by atoms with van der Waals surface area (Å²) in [6, 6.07) is 17.1. The molecule has 0 bridgehead atoms. The molecule has 1 fully saturated rings. The van der Waals surface area contributed by atoms with E-state index in [-0.39, 0.29) is 5.97 Å². The second-order valence-electron chi connectivity index (χ2n) is 8.06. The van der Waals surface area contributed by atoms with Gasteiger partial charge in [0.1, 0.15) is 23.4 Å². The molecule has 0 heterocycles. The highest BCUT2D eigenvalue weighted by molar-refractivity contribution is 5.96. The van der Waals surface area contributed by atoms with Gasteiger partial charge in [0, 0.05) is 0 Å². The van der Waals surface area contributed by atoms with Gasteiger partial charge in [-0.3, -0.25) is 9.59 Å². The quantitative estimate of drug-likeness (QED) is 0.706. The lowest BCUT2D eigenvalue weighted by Gasteiger charge is -2.21. The third-order valence-corrected chi connectivity index (χ3v) is 4.80. The topological polar surface area (TPSA) is 61.8 Å². The fraction of sp³-hybridized carbons (Fsp3) is 0.391. The van der Waals surface area contributed by atoms with Gasteiger partial charge in [-0.05, 0) is 50.5 Å². The molecule has 5 nitrogen and oxygen atoms in total. The van der Waals surface area contributed by atoms with E-state index in [1.165, 1.54) is 7.11 Å². The standard InChI is InChI=1S/C23H26O5/c1-22(2,3)28-20(24)19-14-23(19,21(25)26-4)17-11-8-12-18(13-17)27-15-16-9-6-5-7-10-16/h5-13,19H,14-15H2,1-4H3/t19-,23-/m0/s1. The molecule has 0 saturated heterocycles. The molecule has 5 heteroatoms. The first-order valence-electron chi connectivity index (χ1n) is 9.35. The molecule has 2 aromatic rings. The van der Waals surface area contributed by atoms with Crippen LogP contribution in [0, 0.1) is 5.92 Å². The van der Waals surface area contributed by atoms with Crippen LogP contribution in [0.4, 0.5) is 0 Å². The molecule has 148 valence electrons. The van der Waals surface area contributed by atoms with Crippen molar-refractivity contribution in [2.75, 3.05) is 7.11 Å². The number of rotatable bonds is 6. The van der Waals surface area contributed by atoms with E-state index in [1.54, 1.807) is 0 Å². The zero-order chi connectivity index (χ0) is 20.4. The summed E-state index contributed by atoms with van der Waals surface area (Å²) in [6.07, 6.45) is 0.372. The second-order valence-corrected chi connectivity index (χ2v) is 8.06. The van der Waals surface area contributed by atoms with E-state index in [9.17, 15) is 9.59 Å². The van der Waals surface area contributed by atoms with E-state index in [0.29, 0.717) is 24.3 Å². The Balaban J connectivity index is 1.81. The van der Waals surface area contributed by atoms with E-state index >= 15 is 0 Å². The van der Waals surface area contributed by atoms with Crippen LogP contribution < -0.4 is 4.74 Å². The zero-order valence-electron chi connectivity index (χ0n) is 16.7. The van der Waals surface area contributed by atoms with Crippen LogP contribution >= 0.6 is 0 Å². The van der Waals surface area contributed by atoms with E-state index in [4.69, 9.17) is 14.2 Å². The Kier molecular flexibility index (Phi) is 5.45. The Labute approximate surface area is 165 Å². The lowest BCUT2D eigenvalue weighted by atomic mass is 9.93. The van der Waals surface area contributed by atoms with Gasteiger partial charge >= 0.3 is 11.9 Å². The maximum atomic E-state index is 12.6. The lowest BCUT2D eigenvalue weighted by molar-refractivity contribution is -0.159. The molecule has 3 rings (SSSR count). The van der Waals surface area contributed by atoms with Gasteiger partial charge in [-0.1, -0.05) is 42.5 Å². The predicted molar refractivity (Wildman–Crippen MR) is 105 cm³/mol. The third kappa shape index (κ3) is 4.19. The summed E-state index contributed by atoms with van der Waals surface area (Å²) in [5.41, 5.74) is 0.139. The highest BCUT2D eigenvalue weighted by Crippen LogP contribution is 2.56. The predicted octanol–water partition coefficient (Wildman–Crippen LogP) is 4.04. The number of benzene rings is 2.